The maximum absolute atomic E-state index is 11.3. The van der Waals surface area contributed by atoms with Crippen molar-refractivity contribution in [3.8, 4) is 22.9 Å². The van der Waals surface area contributed by atoms with Crippen LogP contribution >= 0.6 is 0 Å². The first kappa shape index (κ1) is 16.6. The van der Waals surface area contributed by atoms with E-state index in [1.165, 1.54) is 0 Å². The number of H-pyrrole nitrogens is 1. The molecule has 0 spiro atoms. The van der Waals surface area contributed by atoms with Crippen molar-refractivity contribution >= 4 is 16.9 Å². The summed E-state index contributed by atoms with van der Waals surface area (Å²) in [6, 6.07) is 5.62. The van der Waals surface area contributed by atoms with Gasteiger partial charge in [0, 0.05) is 29.2 Å². The molecule has 3 N–H and O–H groups in total. The number of hydrogen-bond acceptors (Lipinski definition) is 5. The number of aromatic nitrogens is 3. The predicted molar refractivity (Wildman–Crippen MR) is 93.7 cm³/mol. The van der Waals surface area contributed by atoms with Gasteiger partial charge in [0.15, 0.2) is 0 Å². The molecule has 0 atom stereocenters. The Bertz CT molecular complexity index is 889. The highest BCUT2D eigenvalue weighted by Crippen LogP contribution is 2.33. The second-order valence-corrected chi connectivity index (χ2v) is 5.31. The first-order valence-electron chi connectivity index (χ1n) is 7.66. The Kier molecular flexibility index (Phi) is 4.69. The average Bonchev–Trinajstić information content (AvgIpc) is 3.06. The van der Waals surface area contributed by atoms with Crippen LogP contribution in [0, 0.1) is 0 Å². The van der Waals surface area contributed by atoms with E-state index in [4.69, 9.17) is 9.47 Å². The fraction of sp³-hybridized carbons (Fsp3) is 0.235. The molecule has 3 aromatic rings. The molecule has 0 aliphatic heterocycles. The molecule has 25 heavy (non-hydrogen) atoms. The third kappa shape index (κ3) is 3.47. The van der Waals surface area contributed by atoms with E-state index >= 15 is 0 Å². The van der Waals surface area contributed by atoms with Gasteiger partial charge in [0.1, 0.15) is 5.75 Å². The van der Waals surface area contributed by atoms with E-state index in [9.17, 15) is 4.79 Å². The minimum Gasteiger partial charge on any atom is -0.496 e. The maximum atomic E-state index is 11.3. The highest BCUT2D eigenvalue weighted by Gasteiger charge is 2.12. The highest BCUT2D eigenvalue weighted by atomic mass is 16.5. The molecule has 0 saturated carbocycles. The Labute approximate surface area is 144 Å². The van der Waals surface area contributed by atoms with Crippen LogP contribution in [-0.4, -0.2) is 42.3 Å². The third-order valence-electron chi connectivity index (χ3n) is 3.78. The summed E-state index contributed by atoms with van der Waals surface area (Å²) < 4.78 is 10.5. The molecule has 8 nitrogen and oxygen atoms in total. The standard InChI is InChI=1S/C17H19N5O3/c1-18-17(23)21-7-11-4-10-5-15(24-2)12(6-13(10)22-11)14-8-20-16(25-3)9-19-14/h4-6,8-9,22H,7H2,1-3H3,(H2,18,21,23). The lowest BCUT2D eigenvalue weighted by Crippen LogP contribution is -2.32. The van der Waals surface area contributed by atoms with Crippen LogP contribution in [-0.2, 0) is 6.54 Å². The van der Waals surface area contributed by atoms with Gasteiger partial charge in [0.2, 0.25) is 5.88 Å². The van der Waals surface area contributed by atoms with Crippen LogP contribution < -0.4 is 20.1 Å². The van der Waals surface area contributed by atoms with Crippen molar-refractivity contribution in [3.05, 3.63) is 36.3 Å². The molecular formula is C17H19N5O3. The zero-order valence-corrected chi connectivity index (χ0v) is 14.2. The van der Waals surface area contributed by atoms with E-state index in [-0.39, 0.29) is 6.03 Å². The largest absolute Gasteiger partial charge is 0.496 e. The summed E-state index contributed by atoms with van der Waals surface area (Å²) in [6.45, 7) is 0.397. The summed E-state index contributed by atoms with van der Waals surface area (Å²) in [7, 11) is 4.74. The number of rotatable bonds is 5. The molecule has 0 bridgehead atoms. The molecule has 0 fully saturated rings. The van der Waals surface area contributed by atoms with Gasteiger partial charge < -0.3 is 25.1 Å². The van der Waals surface area contributed by atoms with Crippen LogP contribution in [0.2, 0.25) is 0 Å². The first-order chi connectivity index (χ1) is 12.1. The number of fused-ring (bicyclic) bond motifs is 1. The number of methoxy groups -OCH3 is 2. The van der Waals surface area contributed by atoms with Gasteiger partial charge >= 0.3 is 6.03 Å². The molecule has 1 aromatic carbocycles. The Morgan fingerprint density at radius 2 is 2.00 bits per heavy atom. The van der Waals surface area contributed by atoms with Crippen LogP contribution in [0.4, 0.5) is 4.79 Å². The fourth-order valence-electron chi connectivity index (χ4n) is 2.51. The van der Waals surface area contributed by atoms with Gasteiger partial charge in [-0.2, -0.15) is 0 Å². The van der Waals surface area contributed by atoms with Gasteiger partial charge in [0.05, 0.1) is 38.9 Å². The minimum absolute atomic E-state index is 0.231. The summed E-state index contributed by atoms with van der Waals surface area (Å²) in [6.07, 6.45) is 3.20. The number of carbonyl (C=O) groups is 1. The van der Waals surface area contributed by atoms with Crippen molar-refractivity contribution in [2.24, 2.45) is 0 Å². The molecule has 0 aliphatic rings. The zero-order valence-electron chi connectivity index (χ0n) is 14.2. The van der Waals surface area contributed by atoms with Crippen molar-refractivity contribution in [3.63, 3.8) is 0 Å². The van der Waals surface area contributed by atoms with Crippen molar-refractivity contribution in [1.82, 2.24) is 25.6 Å². The Balaban J connectivity index is 1.96. The number of carbonyl (C=O) groups excluding carboxylic acids is 1. The van der Waals surface area contributed by atoms with Gasteiger partial charge in [-0.3, -0.25) is 0 Å². The van der Waals surface area contributed by atoms with Gasteiger partial charge in [-0.25, -0.2) is 14.8 Å². The van der Waals surface area contributed by atoms with E-state index in [0.29, 0.717) is 23.9 Å². The predicted octanol–water partition coefficient (Wildman–Crippen LogP) is 2.07. The van der Waals surface area contributed by atoms with Gasteiger partial charge in [0.25, 0.3) is 0 Å². The Hall–Kier alpha value is -3.29. The van der Waals surface area contributed by atoms with Gasteiger partial charge in [-0.05, 0) is 18.2 Å². The number of benzene rings is 1. The van der Waals surface area contributed by atoms with Crippen molar-refractivity contribution < 1.29 is 14.3 Å². The normalized spacial score (nSPS) is 10.5. The second-order valence-electron chi connectivity index (χ2n) is 5.31. The smallest absolute Gasteiger partial charge is 0.314 e. The van der Waals surface area contributed by atoms with E-state index in [0.717, 1.165) is 22.2 Å². The quantitative estimate of drug-likeness (QED) is 0.659. The number of urea groups is 1. The molecule has 2 aromatic heterocycles. The maximum Gasteiger partial charge on any atom is 0.314 e. The summed E-state index contributed by atoms with van der Waals surface area (Å²) in [5.74, 6) is 1.14. The Morgan fingerprint density at radius 1 is 1.16 bits per heavy atom. The zero-order chi connectivity index (χ0) is 17.8. The number of nitrogens with one attached hydrogen (secondary N) is 3. The number of aromatic amines is 1. The molecule has 0 saturated heterocycles. The molecule has 130 valence electrons. The molecule has 2 heterocycles. The van der Waals surface area contributed by atoms with Crippen LogP contribution in [0.5, 0.6) is 11.6 Å². The number of hydrogen-bond donors (Lipinski definition) is 3. The van der Waals surface area contributed by atoms with E-state index in [1.807, 2.05) is 18.2 Å². The lowest BCUT2D eigenvalue weighted by molar-refractivity contribution is 0.242. The van der Waals surface area contributed by atoms with Gasteiger partial charge in [-0.1, -0.05) is 0 Å². The number of nitrogens with zero attached hydrogens (tertiary/aromatic N) is 2. The molecule has 2 amide bonds. The van der Waals surface area contributed by atoms with Crippen LogP contribution in [0.15, 0.2) is 30.6 Å². The summed E-state index contributed by atoms with van der Waals surface area (Å²) in [4.78, 5) is 23.2. The topological polar surface area (TPSA) is 101 Å². The molecule has 8 heteroatoms. The molecule has 3 rings (SSSR count). The molecule has 0 unspecified atom stereocenters. The molecular weight excluding hydrogens is 322 g/mol. The molecule has 0 radical (unpaired) electrons. The van der Waals surface area contributed by atoms with Crippen molar-refractivity contribution in [2.75, 3.05) is 21.3 Å². The summed E-state index contributed by atoms with van der Waals surface area (Å²) in [5, 5.41) is 6.25. The lowest BCUT2D eigenvalue weighted by Gasteiger charge is -2.08. The monoisotopic (exact) mass is 341 g/mol. The number of amides is 2. The van der Waals surface area contributed by atoms with Crippen LogP contribution in [0.25, 0.3) is 22.2 Å². The first-order valence-corrected chi connectivity index (χ1v) is 7.66. The second kappa shape index (κ2) is 7.08. The highest BCUT2D eigenvalue weighted by molar-refractivity contribution is 5.88. The molecule has 0 aliphatic carbocycles. The summed E-state index contributed by atoms with van der Waals surface area (Å²) >= 11 is 0. The number of ether oxygens (including phenoxy) is 2. The average molecular weight is 341 g/mol. The van der Waals surface area contributed by atoms with Crippen molar-refractivity contribution in [1.29, 1.82) is 0 Å². The SMILES string of the molecule is CNC(=O)NCc1cc2cc(OC)c(-c3cnc(OC)cn3)cc2[nH]1. The van der Waals surface area contributed by atoms with E-state index in [2.05, 4.69) is 25.6 Å². The minimum atomic E-state index is -0.231. The Morgan fingerprint density at radius 3 is 2.64 bits per heavy atom. The summed E-state index contributed by atoms with van der Waals surface area (Å²) in [5.41, 5.74) is 3.30. The van der Waals surface area contributed by atoms with E-state index in [1.54, 1.807) is 33.7 Å². The lowest BCUT2D eigenvalue weighted by atomic mass is 10.1. The van der Waals surface area contributed by atoms with Crippen molar-refractivity contribution in [2.45, 2.75) is 6.54 Å². The van der Waals surface area contributed by atoms with Gasteiger partial charge in [-0.15, -0.1) is 0 Å². The fourth-order valence-corrected chi connectivity index (χ4v) is 2.51. The third-order valence-corrected chi connectivity index (χ3v) is 3.78. The van der Waals surface area contributed by atoms with E-state index < -0.39 is 0 Å². The van der Waals surface area contributed by atoms with Crippen LogP contribution in [0.3, 0.4) is 0 Å². The van der Waals surface area contributed by atoms with Crippen LogP contribution in [0.1, 0.15) is 5.69 Å².